The predicted octanol–water partition coefficient (Wildman–Crippen LogP) is 6.49. The van der Waals surface area contributed by atoms with Gasteiger partial charge in [-0.1, -0.05) is 91.0 Å². The number of benzene rings is 5. The van der Waals surface area contributed by atoms with Gasteiger partial charge in [0.1, 0.15) is 0 Å². The van der Waals surface area contributed by atoms with Crippen LogP contribution in [0.15, 0.2) is 97.1 Å². The van der Waals surface area contributed by atoms with E-state index < -0.39 is 5.92 Å². The third-order valence-electron chi connectivity index (χ3n) is 10.1. The first kappa shape index (κ1) is 26.8. The number of nitrogens with zero attached hydrogens (tertiary/aromatic N) is 2. The van der Waals surface area contributed by atoms with Gasteiger partial charge in [-0.2, -0.15) is 0 Å². The molecule has 0 fully saturated rings. The molecule has 0 saturated heterocycles. The van der Waals surface area contributed by atoms with E-state index in [1.165, 1.54) is 9.80 Å². The topological polar surface area (TPSA) is 74.8 Å². The Morgan fingerprint density at radius 1 is 0.630 bits per heavy atom. The van der Waals surface area contributed by atoms with Crippen LogP contribution < -0.4 is 0 Å². The van der Waals surface area contributed by atoms with Crippen LogP contribution in [0, 0.1) is 0 Å². The van der Waals surface area contributed by atoms with Gasteiger partial charge >= 0.3 is 0 Å². The number of hydrogen-bond acceptors (Lipinski definition) is 4. The third-order valence-corrected chi connectivity index (χ3v) is 10.1. The second kappa shape index (κ2) is 9.94. The largest absolute Gasteiger partial charge is 0.277 e. The lowest BCUT2D eigenvalue weighted by Gasteiger charge is -2.36. The molecule has 1 unspecified atom stereocenters. The first-order valence-corrected chi connectivity index (χ1v) is 15.8. The van der Waals surface area contributed by atoms with Gasteiger partial charge in [-0.25, -0.2) is 0 Å². The number of imide groups is 2. The number of amides is 4. The Hall–Kier alpha value is -5.62. The Balaban J connectivity index is 1.16. The molecule has 2 aliphatic carbocycles. The van der Waals surface area contributed by atoms with Gasteiger partial charge in [0.15, 0.2) is 0 Å². The van der Waals surface area contributed by atoms with Crippen molar-refractivity contribution in [2.75, 3.05) is 13.1 Å². The van der Waals surface area contributed by atoms with E-state index in [-0.39, 0.29) is 23.6 Å². The minimum atomic E-state index is -0.544. The van der Waals surface area contributed by atoms with Crippen LogP contribution >= 0.6 is 0 Å². The molecule has 0 radical (unpaired) electrons. The summed E-state index contributed by atoms with van der Waals surface area (Å²) in [4.78, 5) is 58.1. The zero-order valence-electron chi connectivity index (χ0n) is 25.0. The van der Waals surface area contributed by atoms with Crippen LogP contribution in [0.5, 0.6) is 0 Å². The number of allylic oxidation sites excluding steroid dienone is 1. The molecule has 2 aliphatic heterocycles. The predicted molar refractivity (Wildman–Crippen MR) is 177 cm³/mol. The fourth-order valence-corrected chi connectivity index (χ4v) is 7.90. The van der Waals surface area contributed by atoms with E-state index in [9.17, 15) is 19.2 Å². The van der Waals surface area contributed by atoms with E-state index in [0.717, 1.165) is 49.4 Å². The van der Waals surface area contributed by atoms with Gasteiger partial charge in [0.05, 0.1) is 5.92 Å². The van der Waals surface area contributed by atoms with Crippen LogP contribution in [0.1, 0.15) is 60.0 Å². The Morgan fingerprint density at radius 2 is 1.24 bits per heavy atom. The number of fused-ring (bicyclic) bond motifs is 2. The summed E-state index contributed by atoms with van der Waals surface area (Å²) in [6, 6.07) is 27.4. The maximum atomic E-state index is 13.9. The Kier molecular flexibility index (Phi) is 5.78. The molecule has 0 bridgehead atoms. The highest BCUT2D eigenvalue weighted by Gasteiger charge is 2.42. The molecule has 0 spiro atoms. The molecule has 4 amide bonds. The molecule has 46 heavy (non-hydrogen) atoms. The zero-order chi connectivity index (χ0) is 31.1. The van der Waals surface area contributed by atoms with Crippen molar-refractivity contribution in [3.63, 3.8) is 0 Å². The summed E-state index contributed by atoms with van der Waals surface area (Å²) in [6.07, 6.45) is 7.58. The minimum absolute atomic E-state index is 0.198. The van der Waals surface area contributed by atoms with Crippen LogP contribution in [0.4, 0.5) is 0 Å². The number of carbonyl (C=O) groups excluding carboxylic acids is 4. The number of carbonyl (C=O) groups is 4. The standard InChI is InChI=1S/C40H28N2O4/c43-37-29-15-11-25-27-13-17-31-36-32(40(46)42(39(31)45)22-20-24-9-5-2-6-10-24)18-14-28(34(27)36)26-12-16-30(35(29)33(25)26)38(44)41(37)21-19-23-7-3-1-4-8-23/h1-13,15-18,30H,14,19-22H2. The van der Waals surface area contributed by atoms with Gasteiger partial charge in [0.2, 0.25) is 5.91 Å². The molecule has 9 rings (SSSR count). The number of hydrogen-bond donors (Lipinski definition) is 0. The van der Waals surface area contributed by atoms with Gasteiger partial charge in [0.25, 0.3) is 17.7 Å². The zero-order valence-corrected chi connectivity index (χ0v) is 25.0. The van der Waals surface area contributed by atoms with Gasteiger partial charge in [-0.05, 0) is 80.8 Å². The van der Waals surface area contributed by atoms with E-state index in [1.54, 1.807) is 0 Å². The van der Waals surface area contributed by atoms with Crippen molar-refractivity contribution in [2.24, 2.45) is 0 Å². The highest BCUT2D eigenvalue weighted by molar-refractivity contribution is 6.36. The average molecular weight is 601 g/mol. The van der Waals surface area contributed by atoms with E-state index in [0.29, 0.717) is 54.6 Å². The van der Waals surface area contributed by atoms with Crippen molar-refractivity contribution in [2.45, 2.75) is 25.2 Å². The molecular weight excluding hydrogens is 572 g/mol. The van der Waals surface area contributed by atoms with Crippen molar-refractivity contribution in [3.05, 3.63) is 142 Å². The molecule has 0 saturated carbocycles. The molecule has 6 heteroatoms. The van der Waals surface area contributed by atoms with E-state index in [1.807, 2.05) is 103 Å². The Morgan fingerprint density at radius 3 is 1.93 bits per heavy atom. The lowest BCUT2D eigenvalue weighted by molar-refractivity contribution is -0.129. The van der Waals surface area contributed by atoms with Crippen molar-refractivity contribution >= 4 is 56.8 Å². The highest BCUT2D eigenvalue weighted by Crippen LogP contribution is 2.49. The van der Waals surface area contributed by atoms with Crippen LogP contribution in [0.2, 0.25) is 0 Å². The summed E-state index contributed by atoms with van der Waals surface area (Å²) >= 11 is 0. The van der Waals surface area contributed by atoms with E-state index >= 15 is 0 Å². The van der Waals surface area contributed by atoms with Gasteiger partial charge in [-0.3, -0.25) is 29.0 Å². The highest BCUT2D eigenvalue weighted by atomic mass is 16.2. The quantitative estimate of drug-likeness (QED) is 0.165. The van der Waals surface area contributed by atoms with Crippen LogP contribution in [-0.4, -0.2) is 46.5 Å². The molecule has 222 valence electrons. The molecule has 2 heterocycles. The maximum absolute atomic E-state index is 13.9. The van der Waals surface area contributed by atoms with Gasteiger partial charge < -0.3 is 0 Å². The Bertz CT molecular complexity index is 2260. The summed E-state index contributed by atoms with van der Waals surface area (Å²) in [5.74, 6) is -1.53. The molecule has 5 aromatic carbocycles. The minimum Gasteiger partial charge on any atom is -0.277 e. The molecule has 4 aliphatic rings. The smallest absolute Gasteiger partial charge is 0.261 e. The van der Waals surface area contributed by atoms with Gasteiger partial charge in [-0.15, -0.1) is 0 Å². The van der Waals surface area contributed by atoms with Crippen LogP contribution in [0.3, 0.4) is 0 Å². The average Bonchev–Trinajstić information content (AvgIpc) is 3.09. The van der Waals surface area contributed by atoms with Crippen LogP contribution in [0.25, 0.3) is 33.2 Å². The second-order valence-corrected chi connectivity index (χ2v) is 12.4. The van der Waals surface area contributed by atoms with E-state index in [4.69, 9.17) is 0 Å². The normalized spacial score (nSPS) is 17.7. The van der Waals surface area contributed by atoms with Crippen LogP contribution in [-0.2, 0) is 28.9 Å². The van der Waals surface area contributed by atoms with Gasteiger partial charge in [0, 0.05) is 35.4 Å². The molecule has 6 nitrogen and oxygen atoms in total. The maximum Gasteiger partial charge on any atom is 0.261 e. The fourth-order valence-electron chi connectivity index (χ4n) is 7.90. The number of rotatable bonds is 6. The third kappa shape index (κ3) is 3.70. The fraction of sp³-hybridized carbons (Fsp3) is 0.150. The van der Waals surface area contributed by atoms with Crippen molar-refractivity contribution in [1.29, 1.82) is 0 Å². The van der Waals surface area contributed by atoms with Crippen molar-refractivity contribution < 1.29 is 19.2 Å². The van der Waals surface area contributed by atoms with E-state index in [2.05, 4.69) is 0 Å². The van der Waals surface area contributed by atoms with Crippen molar-refractivity contribution in [3.8, 4) is 0 Å². The molecule has 1 atom stereocenters. The molecule has 0 N–H and O–H groups in total. The summed E-state index contributed by atoms with van der Waals surface area (Å²) in [6.45, 7) is 0.635. The summed E-state index contributed by atoms with van der Waals surface area (Å²) < 4.78 is 0. The summed E-state index contributed by atoms with van der Waals surface area (Å²) in [5, 5.41) is 3.70. The first-order valence-electron chi connectivity index (χ1n) is 15.8. The second-order valence-electron chi connectivity index (χ2n) is 12.4. The molecule has 5 aromatic rings. The van der Waals surface area contributed by atoms with Crippen molar-refractivity contribution in [1.82, 2.24) is 9.80 Å². The molecular formula is C40H28N2O4. The lowest BCUT2D eigenvalue weighted by atomic mass is 9.73. The summed E-state index contributed by atoms with van der Waals surface area (Å²) in [5.41, 5.74) is 7.28. The Labute approximate surface area is 265 Å². The monoisotopic (exact) mass is 600 g/mol. The first-order chi connectivity index (χ1) is 22.5. The SMILES string of the molecule is O=C1C2=CCc3c4c5c6c(ccc5c5ccc(c2c35)C(=O)N1CCc1ccccc1)C(=O)N(CCc1ccccc1)C(=O)C6C=C4. The summed E-state index contributed by atoms with van der Waals surface area (Å²) in [7, 11) is 0. The lowest BCUT2D eigenvalue weighted by Crippen LogP contribution is -2.45. The molecule has 0 aromatic heterocycles.